The predicted molar refractivity (Wildman–Crippen MR) is 118 cm³/mol. The van der Waals surface area contributed by atoms with Crippen molar-refractivity contribution in [2.75, 3.05) is 5.32 Å². The number of carbonyl (C=O) groups is 1. The van der Waals surface area contributed by atoms with Crippen molar-refractivity contribution in [2.24, 2.45) is 5.73 Å². The molecule has 0 fully saturated rings. The Morgan fingerprint density at radius 3 is 2.37 bits per heavy atom. The third kappa shape index (κ3) is 3.23. The minimum absolute atomic E-state index is 0.123. The van der Waals surface area contributed by atoms with Crippen LogP contribution < -0.4 is 15.8 Å². The summed E-state index contributed by atoms with van der Waals surface area (Å²) in [4.78, 5) is 13.3. The van der Waals surface area contributed by atoms with Crippen LogP contribution in [0.25, 0.3) is 0 Å². The Hall–Kier alpha value is -3.25. The summed E-state index contributed by atoms with van der Waals surface area (Å²) in [6, 6.07) is 24.9. The number of fused-ring (bicyclic) bond motifs is 3. The van der Waals surface area contributed by atoms with Crippen LogP contribution in [0, 0.1) is 0 Å². The molecule has 6 heteroatoms. The Kier molecular flexibility index (Phi) is 4.71. The lowest BCUT2D eigenvalue weighted by Gasteiger charge is -2.35. The number of nitrogens with one attached hydrogen (secondary N) is 1. The molecular weight excluding hydrogens is 444 g/mol. The molecule has 0 bridgehead atoms. The first kappa shape index (κ1) is 18.8. The number of halogens is 1. The van der Waals surface area contributed by atoms with Crippen molar-refractivity contribution in [2.45, 2.75) is 18.1 Å². The lowest BCUT2D eigenvalue weighted by molar-refractivity contribution is -0.114. The zero-order valence-electron chi connectivity index (χ0n) is 15.9. The minimum atomic E-state index is -0.396. The van der Waals surface area contributed by atoms with E-state index in [1.165, 1.54) is 0 Å². The monoisotopic (exact) mass is 462 g/mol. The van der Waals surface area contributed by atoms with E-state index in [4.69, 9.17) is 15.2 Å². The van der Waals surface area contributed by atoms with E-state index in [1.54, 1.807) is 0 Å². The molecule has 2 aliphatic heterocycles. The molecule has 0 saturated carbocycles. The molecule has 2 aliphatic rings. The van der Waals surface area contributed by atoms with Crippen LogP contribution in [-0.2, 0) is 9.53 Å². The van der Waals surface area contributed by atoms with Gasteiger partial charge in [0.1, 0.15) is 5.75 Å². The second-order valence-corrected chi connectivity index (χ2v) is 8.20. The maximum atomic E-state index is 13.3. The molecule has 5 rings (SSSR count). The molecule has 2 heterocycles. The second-order valence-electron chi connectivity index (χ2n) is 7.29. The van der Waals surface area contributed by atoms with Crippen molar-refractivity contribution >= 4 is 27.5 Å². The molecule has 0 saturated heterocycles. The average molecular weight is 463 g/mol. The molecular formula is C24H19BrN2O3. The number of anilines is 1. The zero-order valence-corrected chi connectivity index (χ0v) is 17.5. The van der Waals surface area contributed by atoms with Gasteiger partial charge in [-0.3, -0.25) is 4.79 Å². The van der Waals surface area contributed by atoms with Gasteiger partial charge in [0.25, 0.3) is 5.91 Å². The van der Waals surface area contributed by atoms with Gasteiger partial charge in [0.05, 0.1) is 11.5 Å². The van der Waals surface area contributed by atoms with Gasteiger partial charge < -0.3 is 20.5 Å². The summed E-state index contributed by atoms with van der Waals surface area (Å²) in [5, 5.41) is 2.93. The molecule has 5 nitrogen and oxygen atoms in total. The van der Waals surface area contributed by atoms with Gasteiger partial charge in [-0.2, -0.15) is 0 Å². The van der Waals surface area contributed by atoms with Crippen LogP contribution in [0.4, 0.5) is 5.69 Å². The number of amides is 1. The third-order valence-corrected chi connectivity index (χ3v) is 5.98. The van der Waals surface area contributed by atoms with Crippen LogP contribution in [0.5, 0.6) is 5.75 Å². The number of benzene rings is 3. The number of hydrogen-bond acceptors (Lipinski definition) is 4. The smallest absolute Gasteiger partial charge is 0.257 e. The summed E-state index contributed by atoms with van der Waals surface area (Å²) in [5.41, 5.74) is 9.27. The van der Waals surface area contributed by atoms with E-state index in [1.807, 2.05) is 78.9 Å². The quantitative estimate of drug-likeness (QED) is 0.581. The largest absolute Gasteiger partial charge is 0.485 e. The minimum Gasteiger partial charge on any atom is -0.485 e. The van der Waals surface area contributed by atoms with Crippen molar-refractivity contribution < 1.29 is 14.3 Å². The lowest BCUT2D eigenvalue weighted by atomic mass is 9.81. The summed E-state index contributed by atoms with van der Waals surface area (Å²) in [6.45, 7) is 0. The Morgan fingerprint density at radius 1 is 0.900 bits per heavy atom. The molecule has 3 N–H and O–H groups in total. The lowest BCUT2D eigenvalue weighted by Crippen LogP contribution is -2.40. The number of carbonyl (C=O) groups excluding carboxylic acids is 1. The number of hydrogen-bond donors (Lipinski definition) is 2. The van der Waals surface area contributed by atoms with E-state index in [9.17, 15) is 4.79 Å². The van der Waals surface area contributed by atoms with Gasteiger partial charge in [-0.15, -0.1) is 0 Å². The number of para-hydroxylation sites is 2. The van der Waals surface area contributed by atoms with Crippen LogP contribution in [0.15, 0.2) is 94.8 Å². The molecule has 150 valence electrons. The Bertz CT molecular complexity index is 1130. The molecule has 3 atom stereocenters. The van der Waals surface area contributed by atoms with Gasteiger partial charge in [0.15, 0.2) is 18.1 Å². The molecule has 1 amide bonds. The molecule has 0 unspecified atom stereocenters. The highest BCUT2D eigenvalue weighted by molar-refractivity contribution is 9.10. The molecule has 0 spiro atoms. The number of ether oxygens (including phenoxy) is 2. The van der Waals surface area contributed by atoms with Gasteiger partial charge in [0, 0.05) is 15.7 Å². The van der Waals surface area contributed by atoms with Crippen LogP contribution >= 0.6 is 15.9 Å². The molecule has 3 aromatic carbocycles. The topological polar surface area (TPSA) is 73.6 Å². The van der Waals surface area contributed by atoms with Crippen LogP contribution in [-0.4, -0.2) is 12.0 Å². The standard InChI is InChI=1S/C24H19BrN2O3/c25-15-12-10-14(11-13-15)19-20(24(28)27-16-6-2-1-3-7-16)23(26)30-21-17-8-4-5-9-18(17)29-22(19)21/h1-13,19,21-22H,26H2,(H,27,28)/t19-,21-,22+/m0/s1. The predicted octanol–water partition coefficient (Wildman–Crippen LogP) is 4.87. The van der Waals surface area contributed by atoms with E-state index in [-0.39, 0.29) is 23.8 Å². The van der Waals surface area contributed by atoms with Crippen molar-refractivity contribution in [1.29, 1.82) is 0 Å². The fourth-order valence-electron chi connectivity index (χ4n) is 4.10. The van der Waals surface area contributed by atoms with E-state index in [0.717, 1.165) is 21.3 Å². The highest BCUT2D eigenvalue weighted by Crippen LogP contribution is 2.50. The first-order valence-corrected chi connectivity index (χ1v) is 10.4. The van der Waals surface area contributed by atoms with E-state index in [0.29, 0.717) is 11.3 Å². The van der Waals surface area contributed by atoms with Crippen LogP contribution in [0.3, 0.4) is 0 Å². The van der Waals surface area contributed by atoms with E-state index < -0.39 is 6.10 Å². The SMILES string of the molecule is NC1=C(C(=O)Nc2ccccc2)[C@H](c2ccc(Br)cc2)[C@H]2Oc3ccccc3[C@@H]2O1. The summed E-state index contributed by atoms with van der Waals surface area (Å²) in [5.74, 6) is 0.197. The third-order valence-electron chi connectivity index (χ3n) is 5.45. The highest BCUT2D eigenvalue weighted by atomic mass is 79.9. The number of nitrogens with two attached hydrogens (primary N) is 1. The molecule has 0 aliphatic carbocycles. The fraction of sp³-hybridized carbons (Fsp3) is 0.125. The zero-order chi connectivity index (χ0) is 20.7. The molecule has 0 aromatic heterocycles. The second kappa shape index (κ2) is 7.54. The van der Waals surface area contributed by atoms with Gasteiger partial charge in [-0.05, 0) is 35.9 Å². The van der Waals surface area contributed by atoms with Gasteiger partial charge in [0.2, 0.25) is 0 Å². The van der Waals surface area contributed by atoms with Crippen LogP contribution in [0.2, 0.25) is 0 Å². The maximum absolute atomic E-state index is 13.3. The molecule has 30 heavy (non-hydrogen) atoms. The van der Waals surface area contributed by atoms with Gasteiger partial charge in [-0.25, -0.2) is 0 Å². The van der Waals surface area contributed by atoms with Crippen molar-refractivity contribution in [1.82, 2.24) is 0 Å². The first-order valence-electron chi connectivity index (χ1n) is 9.65. The van der Waals surface area contributed by atoms with Crippen molar-refractivity contribution in [3.63, 3.8) is 0 Å². The molecule has 0 radical (unpaired) electrons. The van der Waals surface area contributed by atoms with E-state index in [2.05, 4.69) is 21.2 Å². The number of rotatable bonds is 3. The Balaban J connectivity index is 1.58. The first-order chi connectivity index (χ1) is 14.6. The Labute approximate surface area is 182 Å². The average Bonchev–Trinajstić information content (AvgIpc) is 3.12. The summed E-state index contributed by atoms with van der Waals surface area (Å²) < 4.78 is 13.3. The summed E-state index contributed by atoms with van der Waals surface area (Å²) in [6.07, 6.45) is -0.768. The summed E-state index contributed by atoms with van der Waals surface area (Å²) >= 11 is 3.48. The van der Waals surface area contributed by atoms with E-state index >= 15 is 0 Å². The van der Waals surface area contributed by atoms with Gasteiger partial charge >= 0.3 is 0 Å². The summed E-state index contributed by atoms with van der Waals surface area (Å²) in [7, 11) is 0. The van der Waals surface area contributed by atoms with Crippen LogP contribution in [0.1, 0.15) is 23.1 Å². The molecule has 3 aromatic rings. The maximum Gasteiger partial charge on any atom is 0.257 e. The van der Waals surface area contributed by atoms with Gasteiger partial charge in [-0.1, -0.05) is 64.5 Å². The van der Waals surface area contributed by atoms with Crippen molar-refractivity contribution in [3.05, 3.63) is 106 Å². The van der Waals surface area contributed by atoms with Crippen molar-refractivity contribution in [3.8, 4) is 5.75 Å². The Morgan fingerprint density at radius 2 is 1.60 bits per heavy atom. The normalized spacial score (nSPS) is 21.8. The fourth-order valence-corrected chi connectivity index (χ4v) is 4.36. The highest BCUT2D eigenvalue weighted by Gasteiger charge is 2.49.